The Morgan fingerprint density at radius 1 is 1.14 bits per heavy atom. The average molecular weight is 385 g/mol. The van der Waals surface area contributed by atoms with Crippen molar-refractivity contribution in [3.05, 3.63) is 53.5 Å². The summed E-state index contributed by atoms with van der Waals surface area (Å²) in [6, 6.07) is 9.88. The summed E-state index contributed by atoms with van der Waals surface area (Å²) in [5.41, 5.74) is 1.83. The van der Waals surface area contributed by atoms with Gasteiger partial charge in [0.15, 0.2) is 5.76 Å². The molecule has 28 heavy (non-hydrogen) atoms. The van der Waals surface area contributed by atoms with Gasteiger partial charge >= 0.3 is 12.0 Å². The van der Waals surface area contributed by atoms with Gasteiger partial charge in [0, 0.05) is 25.3 Å². The first kappa shape index (κ1) is 19.5. The maximum atomic E-state index is 12.5. The number of carboxylic acid groups (broad SMARTS) is 1. The zero-order valence-electron chi connectivity index (χ0n) is 15.6. The van der Waals surface area contributed by atoms with Crippen LogP contribution in [0.5, 0.6) is 0 Å². The SMILES string of the molecule is Cc1ccc(NC(=O)NCC2CCCN(C(=O)c3ccc(C(=O)O)o3)C2)cc1. The fourth-order valence-corrected chi connectivity index (χ4v) is 3.19. The fourth-order valence-electron chi connectivity index (χ4n) is 3.19. The van der Waals surface area contributed by atoms with Gasteiger partial charge in [-0.25, -0.2) is 9.59 Å². The van der Waals surface area contributed by atoms with E-state index in [4.69, 9.17) is 9.52 Å². The van der Waals surface area contributed by atoms with Crippen molar-refractivity contribution in [1.82, 2.24) is 10.2 Å². The van der Waals surface area contributed by atoms with Gasteiger partial charge in [-0.3, -0.25) is 4.79 Å². The van der Waals surface area contributed by atoms with Crippen LogP contribution in [0.2, 0.25) is 0 Å². The number of nitrogens with zero attached hydrogens (tertiary/aromatic N) is 1. The molecule has 0 radical (unpaired) electrons. The molecule has 148 valence electrons. The van der Waals surface area contributed by atoms with E-state index in [1.54, 1.807) is 4.90 Å². The van der Waals surface area contributed by atoms with Crippen LogP contribution >= 0.6 is 0 Å². The lowest BCUT2D eigenvalue weighted by Gasteiger charge is -2.32. The second-order valence-electron chi connectivity index (χ2n) is 6.93. The number of piperidine rings is 1. The zero-order valence-corrected chi connectivity index (χ0v) is 15.6. The monoisotopic (exact) mass is 385 g/mol. The molecule has 3 amide bonds. The third-order valence-corrected chi connectivity index (χ3v) is 4.69. The predicted octanol–water partition coefficient (Wildman–Crippen LogP) is 2.96. The van der Waals surface area contributed by atoms with E-state index >= 15 is 0 Å². The van der Waals surface area contributed by atoms with Crippen molar-refractivity contribution in [3.63, 3.8) is 0 Å². The number of aromatic carboxylic acids is 1. The topological polar surface area (TPSA) is 112 Å². The normalized spacial score (nSPS) is 16.5. The molecule has 2 heterocycles. The minimum absolute atomic E-state index is 0.0168. The number of aryl methyl sites for hydroxylation is 1. The molecular weight excluding hydrogens is 362 g/mol. The Morgan fingerprint density at radius 3 is 2.54 bits per heavy atom. The third-order valence-electron chi connectivity index (χ3n) is 4.69. The zero-order chi connectivity index (χ0) is 20.1. The molecule has 8 heteroatoms. The second-order valence-corrected chi connectivity index (χ2v) is 6.93. The molecule has 8 nitrogen and oxygen atoms in total. The van der Waals surface area contributed by atoms with Crippen LogP contribution < -0.4 is 10.6 Å². The summed E-state index contributed by atoms with van der Waals surface area (Å²) >= 11 is 0. The molecule has 0 aliphatic carbocycles. The molecule has 3 N–H and O–H groups in total. The van der Waals surface area contributed by atoms with Crippen LogP contribution in [0.4, 0.5) is 10.5 Å². The summed E-state index contributed by atoms with van der Waals surface area (Å²) in [7, 11) is 0. The third kappa shape index (κ3) is 4.91. The van der Waals surface area contributed by atoms with E-state index in [2.05, 4.69) is 10.6 Å². The Balaban J connectivity index is 1.50. The number of hydrogen-bond acceptors (Lipinski definition) is 4. The Kier molecular flexibility index (Phi) is 5.98. The van der Waals surface area contributed by atoms with Crippen LogP contribution in [0, 0.1) is 12.8 Å². The van der Waals surface area contributed by atoms with Gasteiger partial charge in [-0.15, -0.1) is 0 Å². The Hall–Kier alpha value is -3.29. The number of carbonyl (C=O) groups is 3. The van der Waals surface area contributed by atoms with Gasteiger partial charge in [0.05, 0.1) is 0 Å². The molecule has 1 fully saturated rings. The smallest absolute Gasteiger partial charge is 0.371 e. The van der Waals surface area contributed by atoms with Crippen LogP contribution in [0.1, 0.15) is 39.5 Å². The minimum atomic E-state index is -1.21. The molecule has 1 aromatic carbocycles. The number of furan rings is 1. The lowest BCUT2D eigenvalue weighted by atomic mass is 9.98. The number of carbonyl (C=O) groups excluding carboxylic acids is 2. The summed E-state index contributed by atoms with van der Waals surface area (Å²) in [4.78, 5) is 37.1. The van der Waals surface area contributed by atoms with Gasteiger partial charge in [-0.2, -0.15) is 0 Å². The number of carboxylic acids is 1. The molecule has 3 rings (SSSR count). The van der Waals surface area contributed by atoms with Crippen LogP contribution in [-0.4, -0.2) is 47.5 Å². The highest BCUT2D eigenvalue weighted by molar-refractivity contribution is 5.93. The Labute approximate surface area is 162 Å². The largest absolute Gasteiger partial charge is 0.475 e. The number of nitrogens with one attached hydrogen (secondary N) is 2. The first-order valence-electron chi connectivity index (χ1n) is 9.16. The Bertz CT molecular complexity index is 859. The lowest BCUT2D eigenvalue weighted by Crippen LogP contribution is -2.44. The van der Waals surface area contributed by atoms with Crippen molar-refractivity contribution < 1.29 is 23.9 Å². The molecule has 1 atom stereocenters. The predicted molar refractivity (Wildman–Crippen MR) is 102 cm³/mol. The number of likely N-dealkylation sites (tertiary alicyclic amines) is 1. The molecule has 1 saturated heterocycles. The average Bonchev–Trinajstić information content (AvgIpc) is 3.18. The van der Waals surface area contributed by atoms with Crippen molar-refractivity contribution in [3.8, 4) is 0 Å². The number of amides is 3. The molecule has 1 aliphatic rings. The molecule has 1 aliphatic heterocycles. The minimum Gasteiger partial charge on any atom is -0.475 e. The number of benzene rings is 1. The molecule has 0 spiro atoms. The standard InChI is InChI=1S/C20H23N3O5/c1-13-4-6-15(7-5-13)22-20(27)21-11-14-3-2-10-23(12-14)18(24)16-8-9-17(28-16)19(25)26/h4-9,14H,2-3,10-12H2,1H3,(H,25,26)(H2,21,22,27). The van der Waals surface area contributed by atoms with Crippen molar-refractivity contribution in [2.45, 2.75) is 19.8 Å². The highest BCUT2D eigenvalue weighted by Gasteiger charge is 2.27. The summed E-state index contributed by atoms with van der Waals surface area (Å²) < 4.78 is 5.10. The van der Waals surface area contributed by atoms with Gasteiger partial charge in [0.2, 0.25) is 5.76 Å². The number of hydrogen-bond donors (Lipinski definition) is 3. The first-order valence-corrected chi connectivity index (χ1v) is 9.16. The van der Waals surface area contributed by atoms with Gasteiger partial charge in [-0.05, 0) is 49.9 Å². The van der Waals surface area contributed by atoms with Crippen LogP contribution in [0.15, 0.2) is 40.8 Å². The van der Waals surface area contributed by atoms with Crippen molar-refractivity contribution in [2.75, 3.05) is 25.0 Å². The van der Waals surface area contributed by atoms with E-state index in [9.17, 15) is 14.4 Å². The van der Waals surface area contributed by atoms with E-state index in [0.29, 0.717) is 19.6 Å². The van der Waals surface area contributed by atoms with Gasteiger partial charge in [0.25, 0.3) is 5.91 Å². The molecule has 1 unspecified atom stereocenters. The van der Waals surface area contributed by atoms with Crippen LogP contribution in [0.25, 0.3) is 0 Å². The van der Waals surface area contributed by atoms with E-state index in [-0.39, 0.29) is 29.4 Å². The first-order chi connectivity index (χ1) is 13.4. The van der Waals surface area contributed by atoms with Crippen LogP contribution in [-0.2, 0) is 0 Å². The molecule has 0 saturated carbocycles. The molecule has 2 aromatic rings. The molecular formula is C20H23N3O5. The molecule has 1 aromatic heterocycles. The van der Waals surface area contributed by atoms with E-state index in [0.717, 1.165) is 24.1 Å². The fraction of sp³-hybridized carbons (Fsp3) is 0.350. The Morgan fingerprint density at radius 2 is 1.86 bits per heavy atom. The van der Waals surface area contributed by atoms with E-state index < -0.39 is 5.97 Å². The van der Waals surface area contributed by atoms with Gasteiger partial charge in [0.1, 0.15) is 0 Å². The van der Waals surface area contributed by atoms with Crippen molar-refractivity contribution in [1.29, 1.82) is 0 Å². The number of rotatable bonds is 5. The van der Waals surface area contributed by atoms with Gasteiger partial charge < -0.3 is 25.1 Å². The summed E-state index contributed by atoms with van der Waals surface area (Å²) in [6.45, 7) is 3.48. The van der Waals surface area contributed by atoms with Crippen LogP contribution in [0.3, 0.4) is 0 Å². The lowest BCUT2D eigenvalue weighted by molar-refractivity contribution is 0.0620. The van der Waals surface area contributed by atoms with E-state index in [1.165, 1.54) is 12.1 Å². The maximum absolute atomic E-state index is 12.5. The summed E-state index contributed by atoms with van der Waals surface area (Å²) in [5, 5.41) is 14.5. The van der Waals surface area contributed by atoms with Gasteiger partial charge in [-0.1, -0.05) is 17.7 Å². The van der Waals surface area contributed by atoms with E-state index in [1.807, 2.05) is 31.2 Å². The highest BCUT2D eigenvalue weighted by atomic mass is 16.4. The number of anilines is 1. The number of urea groups is 1. The highest BCUT2D eigenvalue weighted by Crippen LogP contribution is 2.19. The van der Waals surface area contributed by atoms with Crippen molar-refractivity contribution >= 4 is 23.6 Å². The molecule has 0 bridgehead atoms. The summed E-state index contributed by atoms with van der Waals surface area (Å²) in [6.07, 6.45) is 1.71. The van der Waals surface area contributed by atoms with Crippen molar-refractivity contribution in [2.24, 2.45) is 5.92 Å². The summed E-state index contributed by atoms with van der Waals surface area (Å²) in [5.74, 6) is -1.66. The maximum Gasteiger partial charge on any atom is 0.371 e. The quantitative estimate of drug-likeness (QED) is 0.733. The second kappa shape index (κ2) is 8.60.